The number of hydrogen-bond acceptors (Lipinski definition) is 3. The minimum absolute atomic E-state index is 0.0406. The lowest BCUT2D eigenvalue weighted by Gasteiger charge is -2.15. The number of halogens is 1. The number of ether oxygens (including phenoxy) is 1. The quantitative estimate of drug-likeness (QED) is 0.862. The Hall–Kier alpha value is -1.62. The molecule has 2 rings (SSSR count). The highest BCUT2D eigenvalue weighted by Crippen LogP contribution is 2.23. The van der Waals surface area contributed by atoms with Gasteiger partial charge in [0.25, 0.3) is 0 Å². The van der Waals surface area contributed by atoms with E-state index in [4.69, 9.17) is 4.74 Å². The summed E-state index contributed by atoms with van der Waals surface area (Å²) >= 11 is 0. The van der Waals surface area contributed by atoms with Crippen LogP contribution in [0.4, 0.5) is 10.1 Å². The van der Waals surface area contributed by atoms with Gasteiger partial charge in [0, 0.05) is 17.8 Å². The summed E-state index contributed by atoms with van der Waals surface area (Å²) < 4.78 is 18.1. The van der Waals surface area contributed by atoms with Gasteiger partial charge in [0.05, 0.1) is 13.0 Å². The normalized spacial score (nSPS) is 22.8. The van der Waals surface area contributed by atoms with Crippen molar-refractivity contribution in [3.05, 3.63) is 24.0 Å². The lowest BCUT2D eigenvalue weighted by molar-refractivity contribution is -0.120. The molecule has 1 amide bonds. The van der Waals surface area contributed by atoms with Crippen molar-refractivity contribution in [2.75, 3.05) is 19.0 Å². The molecule has 1 aromatic carbocycles. The molecule has 18 heavy (non-hydrogen) atoms. The molecule has 1 aromatic rings. The zero-order valence-corrected chi connectivity index (χ0v) is 10.5. The van der Waals surface area contributed by atoms with E-state index in [1.807, 2.05) is 6.92 Å². The van der Waals surface area contributed by atoms with Gasteiger partial charge in [-0.1, -0.05) is 0 Å². The first-order valence-electron chi connectivity index (χ1n) is 5.99. The maximum Gasteiger partial charge on any atom is 0.229 e. The highest BCUT2D eigenvalue weighted by atomic mass is 19.1. The van der Waals surface area contributed by atoms with E-state index in [1.165, 1.54) is 25.3 Å². The minimum atomic E-state index is -0.439. The first-order valence-corrected chi connectivity index (χ1v) is 5.99. The van der Waals surface area contributed by atoms with Crippen molar-refractivity contribution in [3.63, 3.8) is 0 Å². The molecule has 98 valence electrons. The molecule has 1 fully saturated rings. The van der Waals surface area contributed by atoms with Crippen LogP contribution in [0.15, 0.2) is 18.2 Å². The van der Waals surface area contributed by atoms with Crippen LogP contribution >= 0.6 is 0 Å². The van der Waals surface area contributed by atoms with E-state index in [2.05, 4.69) is 10.6 Å². The summed E-state index contributed by atoms with van der Waals surface area (Å²) in [6.45, 7) is 2.84. The number of amides is 1. The molecule has 4 nitrogen and oxygen atoms in total. The second kappa shape index (κ2) is 5.35. The second-order valence-electron chi connectivity index (χ2n) is 4.48. The molecule has 2 atom stereocenters. The van der Waals surface area contributed by atoms with Crippen molar-refractivity contribution in [2.45, 2.75) is 19.4 Å². The third-order valence-corrected chi connectivity index (χ3v) is 3.28. The van der Waals surface area contributed by atoms with Crippen molar-refractivity contribution >= 4 is 11.6 Å². The molecule has 0 aromatic heterocycles. The summed E-state index contributed by atoms with van der Waals surface area (Å²) in [6, 6.07) is 4.47. The molecular formula is C13H17FN2O2. The largest absolute Gasteiger partial charge is 0.494 e. The fourth-order valence-corrected chi connectivity index (χ4v) is 2.19. The van der Waals surface area contributed by atoms with E-state index in [0.717, 1.165) is 13.0 Å². The zero-order chi connectivity index (χ0) is 13.1. The Morgan fingerprint density at radius 3 is 2.94 bits per heavy atom. The lowest BCUT2D eigenvalue weighted by atomic mass is 10.0. The first-order chi connectivity index (χ1) is 8.61. The van der Waals surface area contributed by atoms with E-state index in [-0.39, 0.29) is 23.6 Å². The summed E-state index contributed by atoms with van der Waals surface area (Å²) in [4.78, 5) is 12.0. The smallest absolute Gasteiger partial charge is 0.229 e. The van der Waals surface area contributed by atoms with Gasteiger partial charge in [0.1, 0.15) is 0 Å². The molecule has 2 unspecified atom stereocenters. The Morgan fingerprint density at radius 2 is 2.33 bits per heavy atom. The van der Waals surface area contributed by atoms with Crippen LogP contribution < -0.4 is 15.4 Å². The number of carbonyl (C=O) groups excluding carboxylic acids is 1. The van der Waals surface area contributed by atoms with Crippen LogP contribution in [0.1, 0.15) is 13.3 Å². The minimum Gasteiger partial charge on any atom is -0.494 e. The van der Waals surface area contributed by atoms with E-state index in [9.17, 15) is 9.18 Å². The van der Waals surface area contributed by atoms with Gasteiger partial charge in [-0.05, 0) is 32.0 Å². The highest BCUT2D eigenvalue weighted by Gasteiger charge is 2.29. The van der Waals surface area contributed by atoms with Gasteiger partial charge in [-0.2, -0.15) is 0 Å². The van der Waals surface area contributed by atoms with E-state index >= 15 is 0 Å². The maximum absolute atomic E-state index is 13.2. The molecule has 0 radical (unpaired) electrons. The van der Waals surface area contributed by atoms with Crippen LogP contribution in [-0.2, 0) is 4.79 Å². The second-order valence-corrected chi connectivity index (χ2v) is 4.48. The Bertz CT molecular complexity index is 451. The standard InChI is InChI=1S/C13H17FN2O2/c1-8-10(5-6-15-8)13(17)16-9-3-4-11(14)12(7-9)18-2/h3-4,7-8,10,15H,5-6H2,1-2H3,(H,16,17). The average molecular weight is 252 g/mol. The molecule has 5 heteroatoms. The molecule has 1 aliphatic rings. The van der Waals surface area contributed by atoms with Crippen LogP contribution in [0.3, 0.4) is 0 Å². The van der Waals surface area contributed by atoms with E-state index in [0.29, 0.717) is 5.69 Å². The fraction of sp³-hybridized carbons (Fsp3) is 0.462. The summed E-state index contributed by atoms with van der Waals surface area (Å²) in [6.07, 6.45) is 0.825. The van der Waals surface area contributed by atoms with Gasteiger partial charge >= 0.3 is 0 Å². The molecule has 1 heterocycles. The molecule has 0 spiro atoms. The molecule has 0 aliphatic carbocycles. The fourth-order valence-electron chi connectivity index (χ4n) is 2.19. The lowest BCUT2D eigenvalue weighted by Crippen LogP contribution is -2.32. The number of methoxy groups -OCH3 is 1. The number of carbonyl (C=O) groups is 1. The SMILES string of the molecule is COc1cc(NC(=O)C2CCNC2C)ccc1F. The summed E-state index contributed by atoms with van der Waals surface area (Å²) in [5.74, 6) is -0.390. The van der Waals surface area contributed by atoms with Gasteiger partial charge in [0.15, 0.2) is 11.6 Å². The Labute approximate surface area is 106 Å². The number of nitrogens with one attached hydrogen (secondary N) is 2. The molecule has 0 saturated carbocycles. The van der Waals surface area contributed by atoms with Crippen LogP contribution in [0, 0.1) is 11.7 Å². The third kappa shape index (κ3) is 2.61. The predicted molar refractivity (Wildman–Crippen MR) is 67.2 cm³/mol. The number of benzene rings is 1. The number of anilines is 1. The summed E-state index contributed by atoms with van der Waals surface area (Å²) in [5, 5.41) is 6.01. The van der Waals surface area contributed by atoms with Crippen molar-refractivity contribution in [1.29, 1.82) is 0 Å². The van der Waals surface area contributed by atoms with Crippen LogP contribution in [0.2, 0.25) is 0 Å². The number of hydrogen-bond donors (Lipinski definition) is 2. The van der Waals surface area contributed by atoms with Gasteiger partial charge in [0.2, 0.25) is 5.91 Å². The summed E-state index contributed by atoms with van der Waals surface area (Å²) in [5.41, 5.74) is 0.553. The zero-order valence-electron chi connectivity index (χ0n) is 10.5. The van der Waals surface area contributed by atoms with E-state index < -0.39 is 5.82 Å². The number of rotatable bonds is 3. The van der Waals surface area contributed by atoms with Crippen LogP contribution in [0.25, 0.3) is 0 Å². The Morgan fingerprint density at radius 1 is 1.56 bits per heavy atom. The molecule has 2 N–H and O–H groups in total. The maximum atomic E-state index is 13.2. The molecule has 0 bridgehead atoms. The summed E-state index contributed by atoms with van der Waals surface area (Å²) in [7, 11) is 1.40. The molecule has 1 aliphatic heterocycles. The van der Waals surface area contributed by atoms with Gasteiger partial charge < -0.3 is 15.4 Å². The van der Waals surface area contributed by atoms with E-state index in [1.54, 1.807) is 0 Å². The monoisotopic (exact) mass is 252 g/mol. The highest BCUT2D eigenvalue weighted by molar-refractivity contribution is 5.93. The van der Waals surface area contributed by atoms with Gasteiger partial charge in [-0.15, -0.1) is 0 Å². The van der Waals surface area contributed by atoms with Crippen molar-refractivity contribution in [3.8, 4) is 5.75 Å². The van der Waals surface area contributed by atoms with Gasteiger partial charge in [-0.25, -0.2) is 4.39 Å². The molecule has 1 saturated heterocycles. The first kappa shape index (κ1) is 12.8. The predicted octanol–water partition coefficient (Wildman–Crippen LogP) is 1.77. The van der Waals surface area contributed by atoms with Crippen LogP contribution in [-0.4, -0.2) is 25.6 Å². The van der Waals surface area contributed by atoms with Crippen molar-refractivity contribution in [2.24, 2.45) is 5.92 Å². The van der Waals surface area contributed by atoms with Crippen molar-refractivity contribution < 1.29 is 13.9 Å². The van der Waals surface area contributed by atoms with Gasteiger partial charge in [-0.3, -0.25) is 4.79 Å². The molecular weight excluding hydrogens is 235 g/mol. The Balaban J connectivity index is 2.07. The average Bonchev–Trinajstić information content (AvgIpc) is 2.78. The third-order valence-electron chi connectivity index (χ3n) is 3.28. The van der Waals surface area contributed by atoms with Crippen LogP contribution in [0.5, 0.6) is 5.75 Å². The van der Waals surface area contributed by atoms with Crippen molar-refractivity contribution in [1.82, 2.24) is 5.32 Å². The topological polar surface area (TPSA) is 50.4 Å². The Kier molecular flexibility index (Phi) is 3.81.